The summed E-state index contributed by atoms with van der Waals surface area (Å²) in [6.45, 7) is 11.1. The maximum Gasteiger partial charge on any atom is 0.159 e. The summed E-state index contributed by atoms with van der Waals surface area (Å²) >= 11 is 6.66. The van der Waals surface area contributed by atoms with Crippen molar-refractivity contribution in [2.24, 2.45) is 16.5 Å². The third kappa shape index (κ3) is 7.05. The number of hydrogen-bond donors (Lipinski definition) is 2. The molecule has 10 heteroatoms. The number of nitrogens with zero attached hydrogens (tertiary/aromatic N) is 3. The van der Waals surface area contributed by atoms with Gasteiger partial charge >= 0.3 is 0 Å². The van der Waals surface area contributed by atoms with Crippen LogP contribution < -0.4 is 15.4 Å². The molecule has 2 heterocycles. The summed E-state index contributed by atoms with van der Waals surface area (Å²) in [5.41, 5.74) is 3.62. The lowest BCUT2D eigenvalue weighted by molar-refractivity contribution is -0.0300. The van der Waals surface area contributed by atoms with Gasteiger partial charge in [0.2, 0.25) is 0 Å². The Balaban J connectivity index is 1.29. The monoisotopic (exact) mass is 643 g/mol. The maximum atomic E-state index is 13.9. The average Bonchev–Trinajstić information content (AvgIpc) is 3.66. The predicted molar refractivity (Wildman–Crippen MR) is 181 cm³/mol. The summed E-state index contributed by atoms with van der Waals surface area (Å²) < 4.78 is 25.7. The molecule has 6 rings (SSSR count). The largest absolute Gasteiger partial charge is 0.491 e. The predicted octanol–water partition coefficient (Wildman–Crippen LogP) is 7.26. The average molecular weight is 644 g/mol. The Morgan fingerprint density at radius 2 is 2.11 bits per heavy atom. The van der Waals surface area contributed by atoms with Crippen molar-refractivity contribution in [3.05, 3.63) is 76.9 Å². The van der Waals surface area contributed by atoms with E-state index in [0.717, 1.165) is 47.2 Å². The second-order valence-corrected chi connectivity index (χ2v) is 13.2. The van der Waals surface area contributed by atoms with Crippen molar-refractivity contribution in [2.45, 2.75) is 52.1 Å². The zero-order chi connectivity index (χ0) is 32.3. The molecule has 3 aliphatic rings. The number of rotatable bonds is 10. The zero-order valence-electron chi connectivity index (χ0n) is 26.6. The number of oxime groups is 1. The molecule has 4 atom stereocenters. The van der Waals surface area contributed by atoms with Crippen LogP contribution in [0.1, 0.15) is 51.7 Å². The minimum absolute atomic E-state index is 0.0295. The van der Waals surface area contributed by atoms with Gasteiger partial charge in [-0.25, -0.2) is 14.4 Å². The molecular formula is C36H39ClFN5O3. The normalized spacial score (nSPS) is 25.8. The van der Waals surface area contributed by atoms with Gasteiger partial charge in [0.1, 0.15) is 36.4 Å². The molecule has 1 saturated carbocycles. The van der Waals surface area contributed by atoms with Crippen LogP contribution in [0.3, 0.4) is 0 Å². The van der Waals surface area contributed by atoms with E-state index in [-0.39, 0.29) is 23.8 Å². The van der Waals surface area contributed by atoms with E-state index in [1.165, 1.54) is 6.08 Å². The Labute approximate surface area is 274 Å². The van der Waals surface area contributed by atoms with Crippen LogP contribution in [0.25, 0.3) is 10.9 Å². The Morgan fingerprint density at radius 1 is 1.26 bits per heavy atom. The number of aromatic nitrogens is 2. The van der Waals surface area contributed by atoms with Crippen LogP contribution in [0.2, 0.25) is 5.02 Å². The summed E-state index contributed by atoms with van der Waals surface area (Å²) in [6.07, 6.45) is 8.03. The summed E-state index contributed by atoms with van der Waals surface area (Å²) in [4.78, 5) is 15.1. The number of hydrogen-bond acceptors (Lipinski definition) is 8. The van der Waals surface area contributed by atoms with Gasteiger partial charge in [0.25, 0.3) is 0 Å². The maximum absolute atomic E-state index is 13.9. The van der Waals surface area contributed by atoms with E-state index in [1.807, 2.05) is 31.2 Å². The van der Waals surface area contributed by atoms with Crippen molar-refractivity contribution in [1.29, 1.82) is 0 Å². The smallest absolute Gasteiger partial charge is 0.159 e. The molecule has 1 aromatic heterocycles. The van der Waals surface area contributed by atoms with Crippen molar-refractivity contribution >= 4 is 39.7 Å². The van der Waals surface area contributed by atoms with Crippen LogP contribution >= 0.6 is 11.6 Å². The molecule has 2 unspecified atom stereocenters. The molecule has 8 nitrogen and oxygen atoms in total. The van der Waals surface area contributed by atoms with Gasteiger partial charge in [0.05, 0.1) is 23.8 Å². The van der Waals surface area contributed by atoms with Crippen molar-refractivity contribution < 1.29 is 18.7 Å². The van der Waals surface area contributed by atoms with E-state index in [0.29, 0.717) is 48.0 Å². The number of ether oxygens (including phenoxy) is 2. The highest BCUT2D eigenvalue weighted by Gasteiger charge is 2.49. The number of fused-ring (bicyclic) bond motifs is 1. The van der Waals surface area contributed by atoms with Crippen LogP contribution in [0.15, 0.2) is 65.9 Å². The fourth-order valence-corrected chi connectivity index (χ4v) is 6.27. The van der Waals surface area contributed by atoms with Gasteiger partial charge in [-0.05, 0) is 72.6 Å². The summed E-state index contributed by atoms with van der Waals surface area (Å²) in [5, 5.41) is 12.5. The molecule has 0 radical (unpaired) electrons. The molecule has 0 bridgehead atoms. The molecule has 2 N–H and O–H groups in total. The lowest BCUT2D eigenvalue weighted by atomic mass is 9.84. The topological polar surface area (TPSA) is 89.9 Å². The molecule has 46 heavy (non-hydrogen) atoms. The minimum Gasteiger partial charge on any atom is -0.491 e. The number of halogens is 2. The Kier molecular flexibility index (Phi) is 9.32. The van der Waals surface area contributed by atoms with Crippen LogP contribution in [0.4, 0.5) is 15.9 Å². The highest BCUT2D eigenvalue weighted by molar-refractivity contribution is 6.32. The summed E-state index contributed by atoms with van der Waals surface area (Å²) in [6, 6.07) is 9.64. The van der Waals surface area contributed by atoms with Gasteiger partial charge in [0, 0.05) is 41.6 Å². The molecule has 0 spiro atoms. The molecule has 240 valence electrons. The van der Waals surface area contributed by atoms with Crippen molar-refractivity contribution in [3.63, 3.8) is 0 Å². The molecular weight excluding hydrogens is 605 g/mol. The van der Waals surface area contributed by atoms with E-state index in [4.69, 9.17) is 30.9 Å². The van der Waals surface area contributed by atoms with Crippen molar-refractivity contribution in [1.82, 2.24) is 15.3 Å². The van der Waals surface area contributed by atoms with Crippen LogP contribution in [-0.4, -0.2) is 54.7 Å². The third-order valence-corrected chi connectivity index (χ3v) is 9.35. The van der Waals surface area contributed by atoms with E-state index in [9.17, 15) is 4.39 Å². The molecule has 2 aliphatic carbocycles. The lowest BCUT2D eigenvalue weighted by Gasteiger charge is -2.27. The van der Waals surface area contributed by atoms with Gasteiger partial charge in [-0.2, -0.15) is 0 Å². The van der Waals surface area contributed by atoms with Crippen molar-refractivity contribution in [3.8, 4) is 17.6 Å². The molecule has 1 aliphatic heterocycles. The van der Waals surface area contributed by atoms with E-state index in [2.05, 4.69) is 52.5 Å². The van der Waals surface area contributed by atoms with Gasteiger partial charge in [-0.1, -0.05) is 55.6 Å². The molecule has 3 aromatic rings. The first-order valence-electron chi connectivity index (χ1n) is 15.7. The lowest BCUT2D eigenvalue weighted by Crippen LogP contribution is -2.40. The Morgan fingerprint density at radius 3 is 2.83 bits per heavy atom. The number of benzene rings is 2. The Bertz CT molecular complexity index is 1780. The highest BCUT2D eigenvalue weighted by Crippen LogP contribution is 2.55. The quantitative estimate of drug-likeness (QED) is 0.137. The first-order valence-corrected chi connectivity index (χ1v) is 16.0. The first-order chi connectivity index (χ1) is 22.2. The molecule has 0 amide bonds. The second kappa shape index (κ2) is 13.4. The first kappa shape index (κ1) is 32.0. The molecule has 2 fully saturated rings. The van der Waals surface area contributed by atoms with Crippen molar-refractivity contribution in [2.75, 3.05) is 38.2 Å². The third-order valence-electron chi connectivity index (χ3n) is 9.05. The van der Waals surface area contributed by atoms with Gasteiger partial charge in [-0.3, -0.25) is 0 Å². The SMILES string of the molecule is CC#C/C(=N\OC[C@@H]1CNCCO1)c1cc(C2(C)C[C@H]2C)c2ncnc(Nc3ccc(OCC4(C)C=CC=C(F)C4)c(Cl)c3)c2c1. The van der Waals surface area contributed by atoms with E-state index in [1.54, 1.807) is 25.4 Å². The molecule has 2 aromatic carbocycles. The van der Waals surface area contributed by atoms with Gasteiger partial charge < -0.3 is 24.9 Å². The van der Waals surface area contributed by atoms with Crippen LogP contribution in [0, 0.1) is 23.2 Å². The van der Waals surface area contributed by atoms with Gasteiger partial charge in [-0.15, -0.1) is 0 Å². The van der Waals surface area contributed by atoms with E-state index < -0.39 is 5.41 Å². The molecule has 1 saturated heterocycles. The summed E-state index contributed by atoms with van der Waals surface area (Å²) in [7, 11) is 0. The standard InChI is InChI=1S/C36H39ClFN5O3/c1-5-7-31(43-46-20-27-19-39-12-13-44-27)24-14-28-33(29(15-24)36(4)17-23(36)2)40-22-41-34(28)42-26-9-10-32(30(37)16-26)45-21-35(3)11-6-8-25(38)18-35/h6,8-11,14-16,22-23,27,39H,12-13,17-21H2,1-4H3,(H,40,41,42)/b43-31+/t23-,27+,35?,36?/m1/s1. The second-order valence-electron chi connectivity index (χ2n) is 12.8. The highest BCUT2D eigenvalue weighted by atomic mass is 35.5. The zero-order valence-corrected chi connectivity index (χ0v) is 27.4. The number of morpholine rings is 1. The number of allylic oxidation sites excluding steroid dienone is 3. The summed E-state index contributed by atoms with van der Waals surface area (Å²) in [5.74, 6) is 7.62. The minimum atomic E-state index is -0.444. The van der Waals surface area contributed by atoms with Crippen LogP contribution in [0.5, 0.6) is 5.75 Å². The fourth-order valence-electron chi connectivity index (χ4n) is 6.03. The number of anilines is 2. The van der Waals surface area contributed by atoms with Crippen LogP contribution in [-0.2, 0) is 15.0 Å². The van der Waals surface area contributed by atoms with Gasteiger partial charge in [0.15, 0.2) is 5.71 Å². The fraction of sp³-hybridized carbons (Fsp3) is 0.417. The number of nitrogens with one attached hydrogen (secondary N) is 2. The Hall–Kier alpha value is -3.97. The van der Waals surface area contributed by atoms with E-state index >= 15 is 0 Å².